The van der Waals surface area contributed by atoms with Gasteiger partial charge in [-0.05, 0) is 12.5 Å². The van der Waals surface area contributed by atoms with Gasteiger partial charge in [0, 0.05) is 5.75 Å². The van der Waals surface area contributed by atoms with Crippen LogP contribution in [0.1, 0.15) is 13.3 Å². The molecule has 4 heteroatoms. The van der Waals surface area contributed by atoms with E-state index in [0.717, 1.165) is 17.3 Å². The van der Waals surface area contributed by atoms with Crippen molar-refractivity contribution in [2.75, 3.05) is 12.3 Å². The molecule has 0 aromatic heterocycles. The number of aliphatic hydroxyl groups is 1. The van der Waals surface area contributed by atoms with Crippen LogP contribution >= 0.6 is 11.8 Å². The van der Waals surface area contributed by atoms with E-state index in [1.54, 1.807) is 17.8 Å². The van der Waals surface area contributed by atoms with Gasteiger partial charge in [-0.15, -0.1) is 0 Å². The zero-order valence-electron chi connectivity index (χ0n) is 6.50. The summed E-state index contributed by atoms with van der Waals surface area (Å²) >= 11 is 1.64. The van der Waals surface area contributed by atoms with Crippen LogP contribution in [0.5, 0.6) is 0 Å². The molecule has 62 valence electrons. The number of aliphatic hydroxyl groups excluding tert-OH is 1. The summed E-state index contributed by atoms with van der Waals surface area (Å²) in [5.41, 5.74) is 0. The summed E-state index contributed by atoms with van der Waals surface area (Å²) in [7, 11) is 0. The van der Waals surface area contributed by atoms with Crippen LogP contribution in [0.25, 0.3) is 0 Å². The van der Waals surface area contributed by atoms with Crippen LogP contribution in [0.3, 0.4) is 0 Å². The number of hydrogen-bond acceptors (Lipinski definition) is 4. The predicted octanol–water partition coefficient (Wildman–Crippen LogP) is 1.49. The molecule has 0 saturated carbocycles. The first-order valence-corrected chi connectivity index (χ1v) is 4.65. The van der Waals surface area contributed by atoms with Crippen molar-refractivity contribution in [3.05, 3.63) is 12.0 Å². The molecule has 0 amide bonds. The van der Waals surface area contributed by atoms with E-state index in [1.165, 1.54) is 0 Å². The van der Waals surface area contributed by atoms with Crippen LogP contribution in [-0.4, -0.2) is 22.6 Å². The lowest BCUT2D eigenvalue weighted by Crippen LogP contribution is -2.23. The maximum absolute atomic E-state index is 9.03. The van der Waals surface area contributed by atoms with Crippen molar-refractivity contribution < 1.29 is 5.11 Å². The van der Waals surface area contributed by atoms with Crippen LogP contribution in [0, 0.1) is 0 Å². The van der Waals surface area contributed by atoms with Crippen molar-refractivity contribution in [3.8, 4) is 0 Å². The average molecular weight is 172 g/mol. The molecule has 0 unspecified atom stereocenters. The zero-order valence-corrected chi connectivity index (χ0v) is 7.32. The number of amidine groups is 1. The number of aliphatic imine (C=N–C) groups is 1. The molecule has 0 aromatic carbocycles. The Hall–Kier alpha value is -0.640. The minimum absolute atomic E-state index is 0.221. The Morgan fingerprint density at radius 2 is 2.64 bits per heavy atom. The van der Waals surface area contributed by atoms with Gasteiger partial charge in [-0.1, -0.05) is 18.7 Å². The van der Waals surface area contributed by atoms with Gasteiger partial charge in [-0.3, -0.25) is 4.99 Å². The van der Waals surface area contributed by atoms with Gasteiger partial charge in [-0.25, -0.2) is 0 Å². The lowest BCUT2D eigenvalue weighted by atomic mass is 10.5. The van der Waals surface area contributed by atoms with Gasteiger partial charge in [0.2, 0.25) is 0 Å². The topological polar surface area (TPSA) is 44.6 Å². The molecule has 1 aliphatic heterocycles. The molecule has 0 fully saturated rings. The molecule has 0 atom stereocenters. The largest absolute Gasteiger partial charge is 0.495 e. The molecule has 0 aliphatic carbocycles. The summed E-state index contributed by atoms with van der Waals surface area (Å²) in [6.45, 7) is 2.71. The average Bonchev–Trinajstić information content (AvgIpc) is 2.01. The lowest BCUT2D eigenvalue weighted by Gasteiger charge is -2.10. The Morgan fingerprint density at radius 3 is 3.27 bits per heavy atom. The minimum Gasteiger partial charge on any atom is -0.495 e. The normalized spacial score (nSPS) is 16.8. The first-order chi connectivity index (χ1) is 5.33. The monoisotopic (exact) mass is 172 g/mol. The highest BCUT2D eigenvalue weighted by molar-refractivity contribution is 8.13. The maximum Gasteiger partial charge on any atom is 0.187 e. The fourth-order valence-corrected chi connectivity index (χ4v) is 1.44. The quantitative estimate of drug-likeness (QED) is 0.663. The van der Waals surface area contributed by atoms with Crippen molar-refractivity contribution in [2.24, 2.45) is 4.99 Å². The summed E-state index contributed by atoms with van der Waals surface area (Å²) in [4.78, 5) is 4.15. The third-order valence-corrected chi connectivity index (χ3v) is 2.31. The number of thioether (sulfide) groups is 1. The van der Waals surface area contributed by atoms with Crippen LogP contribution in [0.4, 0.5) is 0 Å². The maximum atomic E-state index is 9.03. The number of nitrogens with zero attached hydrogens (tertiary/aromatic N) is 1. The summed E-state index contributed by atoms with van der Waals surface area (Å²) < 4.78 is 0. The summed E-state index contributed by atoms with van der Waals surface area (Å²) in [6.07, 6.45) is 2.77. The lowest BCUT2D eigenvalue weighted by molar-refractivity contribution is 0.385. The van der Waals surface area contributed by atoms with E-state index in [2.05, 4.69) is 17.2 Å². The molecule has 0 radical (unpaired) electrons. The highest BCUT2D eigenvalue weighted by Crippen LogP contribution is 2.07. The molecule has 11 heavy (non-hydrogen) atoms. The number of hydrogen-bond donors (Lipinski definition) is 2. The van der Waals surface area contributed by atoms with Crippen molar-refractivity contribution >= 4 is 16.9 Å². The van der Waals surface area contributed by atoms with Gasteiger partial charge in [0.1, 0.15) is 0 Å². The van der Waals surface area contributed by atoms with E-state index in [4.69, 9.17) is 5.11 Å². The van der Waals surface area contributed by atoms with E-state index in [9.17, 15) is 0 Å². The standard InChI is InChI=1S/C7H12N2OS/c1-2-5-11-7-8-4-3-6(10)9-7/h3,10H,2,4-5H2,1H3,(H,8,9). The predicted molar refractivity (Wildman–Crippen MR) is 48.9 cm³/mol. The van der Waals surface area contributed by atoms with Gasteiger partial charge in [0.25, 0.3) is 0 Å². The third kappa shape index (κ3) is 2.84. The van der Waals surface area contributed by atoms with Gasteiger partial charge in [-0.2, -0.15) is 0 Å². The fourth-order valence-electron chi connectivity index (χ4n) is 0.696. The molecular weight excluding hydrogens is 160 g/mol. The van der Waals surface area contributed by atoms with Gasteiger partial charge in [0.05, 0.1) is 6.54 Å². The molecule has 0 bridgehead atoms. The molecule has 1 heterocycles. The smallest absolute Gasteiger partial charge is 0.187 e. The van der Waals surface area contributed by atoms with Crippen LogP contribution in [-0.2, 0) is 0 Å². The summed E-state index contributed by atoms with van der Waals surface area (Å²) in [5, 5.41) is 12.6. The highest BCUT2D eigenvalue weighted by atomic mass is 32.2. The van der Waals surface area contributed by atoms with Gasteiger partial charge >= 0.3 is 0 Å². The van der Waals surface area contributed by atoms with Gasteiger partial charge in [0.15, 0.2) is 11.1 Å². The second-order valence-electron chi connectivity index (χ2n) is 2.21. The summed E-state index contributed by atoms with van der Waals surface area (Å²) in [5.74, 6) is 1.26. The molecule has 0 spiro atoms. The molecule has 0 saturated heterocycles. The minimum atomic E-state index is 0.221. The fraction of sp³-hybridized carbons (Fsp3) is 0.571. The molecule has 1 aliphatic rings. The Kier molecular flexibility index (Phi) is 3.29. The Morgan fingerprint density at radius 1 is 1.82 bits per heavy atom. The Balaban J connectivity index is 2.30. The van der Waals surface area contributed by atoms with Gasteiger partial charge < -0.3 is 10.4 Å². The van der Waals surface area contributed by atoms with Crippen molar-refractivity contribution in [1.29, 1.82) is 0 Å². The first kappa shape index (κ1) is 8.46. The third-order valence-electron chi connectivity index (χ3n) is 1.20. The molecule has 1 rings (SSSR count). The molecule has 2 N–H and O–H groups in total. The van der Waals surface area contributed by atoms with E-state index >= 15 is 0 Å². The Labute approximate surface area is 70.6 Å². The first-order valence-electron chi connectivity index (χ1n) is 3.66. The van der Waals surface area contributed by atoms with Crippen LogP contribution < -0.4 is 5.32 Å². The number of nitrogens with one attached hydrogen (secondary N) is 1. The molecular formula is C7H12N2OS. The molecule has 3 nitrogen and oxygen atoms in total. The second kappa shape index (κ2) is 4.28. The van der Waals surface area contributed by atoms with E-state index in [-0.39, 0.29) is 5.88 Å². The van der Waals surface area contributed by atoms with Crippen molar-refractivity contribution in [3.63, 3.8) is 0 Å². The van der Waals surface area contributed by atoms with E-state index in [1.807, 2.05) is 0 Å². The van der Waals surface area contributed by atoms with Crippen LogP contribution in [0.2, 0.25) is 0 Å². The number of rotatable bonds is 2. The highest BCUT2D eigenvalue weighted by Gasteiger charge is 2.04. The molecule has 0 aromatic rings. The SMILES string of the molecule is CCCSC1=NCC=C(O)N1. The van der Waals surface area contributed by atoms with Crippen molar-refractivity contribution in [1.82, 2.24) is 5.32 Å². The Bertz CT molecular complexity index is 189. The second-order valence-corrected chi connectivity index (χ2v) is 3.29. The van der Waals surface area contributed by atoms with E-state index < -0.39 is 0 Å². The van der Waals surface area contributed by atoms with Crippen LogP contribution in [0.15, 0.2) is 17.0 Å². The van der Waals surface area contributed by atoms with E-state index in [0.29, 0.717) is 6.54 Å². The summed E-state index contributed by atoms with van der Waals surface area (Å²) in [6, 6.07) is 0. The zero-order chi connectivity index (χ0) is 8.10. The van der Waals surface area contributed by atoms with Crippen molar-refractivity contribution in [2.45, 2.75) is 13.3 Å².